The maximum atomic E-state index is 9.27. The fourth-order valence-corrected chi connectivity index (χ4v) is 2.68. The maximum absolute atomic E-state index is 9.27. The molecule has 0 spiro atoms. The van der Waals surface area contributed by atoms with E-state index in [4.69, 9.17) is 16.3 Å². The van der Waals surface area contributed by atoms with E-state index in [1.165, 1.54) is 0 Å². The molecule has 0 bridgehead atoms. The molecule has 3 rings (SSSR count). The summed E-state index contributed by atoms with van der Waals surface area (Å²) in [6.07, 6.45) is 0. The number of nitrogens with zero attached hydrogens (tertiary/aromatic N) is 2. The highest BCUT2D eigenvalue weighted by atomic mass is 79.9. The molecule has 0 aliphatic carbocycles. The average molecular weight is 360 g/mol. The zero-order chi connectivity index (χ0) is 14.8. The monoisotopic (exact) mass is 358 g/mol. The summed E-state index contributed by atoms with van der Waals surface area (Å²) in [5.41, 5.74) is 1.16. The average Bonchev–Trinajstić information content (AvgIpc) is 2.49. The van der Waals surface area contributed by atoms with Crippen molar-refractivity contribution in [3.05, 3.63) is 63.6 Å². The van der Waals surface area contributed by atoms with Crippen LogP contribution in [0.4, 0.5) is 0 Å². The predicted molar refractivity (Wildman–Crippen MR) is 85.7 cm³/mol. The number of ether oxygens (including phenoxy) is 1. The summed E-state index contributed by atoms with van der Waals surface area (Å²) in [6, 6.07) is 16.6. The van der Waals surface area contributed by atoms with Gasteiger partial charge in [-0.3, -0.25) is 0 Å². The Kier molecular flexibility index (Phi) is 3.78. The van der Waals surface area contributed by atoms with Crippen LogP contribution in [0, 0.1) is 11.3 Å². The van der Waals surface area contributed by atoms with E-state index >= 15 is 0 Å². The lowest BCUT2D eigenvalue weighted by molar-refractivity contribution is 0.460. The van der Waals surface area contributed by atoms with Gasteiger partial charge in [-0.2, -0.15) is 5.26 Å². The second-order valence-corrected chi connectivity index (χ2v) is 5.61. The third kappa shape index (κ3) is 2.85. The van der Waals surface area contributed by atoms with Gasteiger partial charge >= 0.3 is 0 Å². The summed E-state index contributed by atoms with van der Waals surface area (Å²) in [6.45, 7) is 0. The number of pyridine rings is 1. The van der Waals surface area contributed by atoms with Crippen molar-refractivity contribution in [1.82, 2.24) is 4.98 Å². The van der Waals surface area contributed by atoms with Crippen LogP contribution in [-0.4, -0.2) is 4.98 Å². The molecule has 0 aliphatic rings. The second-order valence-electron chi connectivity index (χ2n) is 4.32. The van der Waals surface area contributed by atoms with E-state index in [1.54, 1.807) is 24.3 Å². The highest BCUT2D eigenvalue weighted by Crippen LogP contribution is 2.33. The lowest BCUT2D eigenvalue weighted by Gasteiger charge is -2.09. The molecule has 102 valence electrons. The number of aromatic nitrogens is 1. The van der Waals surface area contributed by atoms with Crippen LogP contribution in [0.25, 0.3) is 10.9 Å². The molecule has 0 saturated heterocycles. The summed E-state index contributed by atoms with van der Waals surface area (Å²) >= 11 is 9.28. The number of para-hydroxylation sites is 1. The minimum Gasteiger partial charge on any atom is -0.436 e. The van der Waals surface area contributed by atoms with Gasteiger partial charge in [0.25, 0.3) is 0 Å². The first kappa shape index (κ1) is 13.9. The number of nitriles is 1. The topological polar surface area (TPSA) is 45.9 Å². The fraction of sp³-hybridized carbons (Fsp3) is 0. The van der Waals surface area contributed by atoms with Crippen molar-refractivity contribution in [3.8, 4) is 17.7 Å². The largest absolute Gasteiger partial charge is 0.436 e. The Bertz CT molecular complexity index is 874. The summed E-state index contributed by atoms with van der Waals surface area (Å²) < 4.78 is 6.46. The quantitative estimate of drug-likeness (QED) is 0.622. The zero-order valence-corrected chi connectivity index (χ0v) is 13.0. The molecule has 1 heterocycles. The Labute approximate surface area is 134 Å². The van der Waals surface area contributed by atoms with Crippen LogP contribution < -0.4 is 4.74 Å². The van der Waals surface area contributed by atoms with E-state index < -0.39 is 0 Å². The van der Waals surface area contributed by atoms with E-state index in [1.807, 2.05) is 24.3 Å². The van der Waals surface area contributed by atoms with E-state index in [0.29, 0.717) is 20.8 Å². The molecule has 3 aromatic rings. The molecule has 0 aliphatic heterocycles. The van der Waals surface area contributed by atoms with Gasteiger partial charge in [-0.1, -0.05) is 29.8 Å². The highest BCUT2D eigenvalue weighted by Gasteiger charge is 2.11. The van der Waals surface area contributed by atoms with Crippen LogP contribution in [0.2, 0.25) is 5.02 Å². The number of benzene rings is 2. The van der Waals surface area contributed by atoms with Gasteiger partial charge in [0, 0.05) is 10.4 Å². The molecule has 5 heteroatoms. The number of hydrogen-bond acceptors (Lipinski definition) is 3. The van der Waals surface area contributed by atoms with Crippen molar-refractivity contribution in [2.75, 3.05) is 0 Å². The zero-order valence-electron chi connectivity index (χ0n) is 10.7. The van der Waals surface area contributed by atoms with Crippen molar-refractivity contribution in [1.29, 1.82) is 5.26 Å². The van der Waals surface area contributed by atoms with Gasteiger partial charge in [-0.15, -0.1) is 0 Å². The van der Waals surface area contributed by atoms with Crippen molar-refractivity contribution in [2.45, 2.75) is 0 Å². The van der Waals surface area contributed by atoms with Crippen LogP contribution in [0.1, 0.15) is 5.56 Å². The Morgan fingerprint density at radius 3 is 2.71 bits per heavy atom. The maximum Gasteiger partial charge on any atom is 0.237 e. The summed E-state index contributed by atoms with van der Waals surface area (Å²) in [5.74, 6) is 0.831. The molecule has 21 heavy (non-hydrogen) atoms. The number of fused-ring (bicyclic) bond motifs is 1. The summed E-state index contributed by atoms with van der Waals surface area (Å²) in [5, 5.41) is 10.8. The number of hydrogen-bond donors (Lipinski definition) is 0. The Morgan fingerprint density at radius 2 is 1.95 bits per heavy atom. The lowest BCUT2D eigenvalue weighted by Crippen LogP contribution is -1.93. The van der Waals surface area contributed by atoms with Gasteiger partial charge < -0.3 is 4.74 Å². The van der Waals surface area contributed by atoms with E-state index in [9.17, 15) is 5.26 Å². The molecule has 0 fully saturated rings. The normalized spacial score (nSPS) is 10.3. The molecule has 0 N–H and O–H groups in total. The Morgan fingerprint density at radius 1 is 1.14 bits per heavy atom. The Hall–Kier alpha value is -2.09. The predicted octanol–water partition coefficient (Wildman–Crippen LogP) is 5.31. The lowest BCUT2D eigenvalue weighted by atomic mass is 10.1. The first-order chi connectivity index (χ1) is 10.2. The summed E-state index contributed by atoms with van der Waals surface area (Å²) in [7, 11) is 0. The molecular weight excluding hydrogens is 352 g/mol. The van der Waals surface area contributed by atoms with Crippen molar-refractivity contribution in [3.63, 3.8) is 0 Å². The van der Waals surface area contributed by atoms with Crippen molar-refractivity contribution in [2.24, 2.45) is 0 Å². The molecule has 0 atom stereocenters. The SMILES string of the molecule is N#Cc1cc2ccccc2nc1Oc1ccc(Cl)cc1Br. The third-order valence-electron chi connectivity index (χ3n) is 2.91. The molecular formula is C16H8BrClN2O. The van der Waals surface area contributed by atoms with Crippen molar-refractivity contribution >= 4 is 38.4 Å². The molecule has 3 nitrogen and oxygen atoms in total. The van der Waals surface area contributed by atoms with Crippen LogP contribution >= 0.6 is 27.5 Å². The minimum absolute atomic E-state index is 0.277. The van der Waals surface area contributed by atoms with Gasteiger partial charge in [-0.25, -0.2) is 4.98 Å². The second kappa shape index (κ2) is 5.72. The molecule has 2 aromatic carbocycles. The standard InChI is InChI=1S/C16H8BrClN2O/c17-13-8-12(18)5-6-15(13)21-16-11(9-19)7-10-3-1-2-4-14(10)20-16/h1-8H. The van der Waals surface area contributed by atoms with E-state index in [2.05, 4.69) is 27.0 Å². The molecule has 0 radical (unpaired) electrons. The number of rotatable bonds is 2. The van der Waals surface area contributed by atoms with Gasteiger partial charge in [0.05, 0.1) is 9.99 Å². The van der Waals surface area contributed by atoms with E-state index in [0.717, 1.165) is 10.9 Å². The third-order valence-corrected chi connectivity index (χ3v) is 3.76. The van der Waals surface area contributed by atoms with Gasteiger partial charge in [0.15, 0.2) is 0 Å². The van der Waals surface area contributed by atoms with Crippen molar-refractivity contribution < 1.29 is 4.74 Å². The summed E-state index contributed by atoms with van der Waals surface area (Å²) in [4.78, 5) is 4.41. The molecule has 0 amide bonds. The highest BCUT2D eigenvalue weighted by molar-refractivity contribution is 9.10. The number of halogens is 2. The van der Waals surface area contributed by atoms with Crippen LogP contribution in [-0.2, 0) is 0 Å². The van der Waals surface area contributed by atoms with Crippen LogP contribution in [0.3, 0.4) is 0 Å². The van der Waals surface area contributed by atoms with Gasteiger partial charge in [-0.05, 0) is 46.3 Å². The van der Waals surface area contributed by atoms with Gasteiger partial charge in [0.2, 0.25) is 5.88 Å². The molecule has 1 aromatic heterocycles. The Balaban J connectivity index is 2.09. The molecule has 0 unspecified atom stereocenters. The van der Waals surface area contributed by atoms with Crippen LogP contribution in [0.15, 0.2) is 53.0 Å². The fourth-order valence-electron chi connectivity index (χ4n) is 1.92. The minimum atomic E-state index is 0.277. The first-order valence-corrected chi connectivity index (χ1v) is 7.27. The van der Waals surface area contributed by atoms with Gasteiger partial charge in [0.1, 0.15) is 17.4 Å². The van der Waals surface area contributed by atoms with E-state index in [-0.39, 0.29) is 5.88 Å². The first-order valence-electron chi connectivity index (χ1n) is 6.10. The molecule has 0 saturated carbocycles. The van der Waals surface area contributed by atoms with Crippen LogP contribution in [0.5, 0.6) is 11.6 Å². The smallest absolute Gasteiger partial charge is 0.237 e.